The van der Waals surface area contributed by atoms with Gasteiger partial charge in [0.25, 0.3) is 0 Å². The van der Waals surface area contributed by atoms with Gasteiger partial charge in [0.2, 0.25) is 0 Å². The summed E-state index contributed by atoms with van der Waals surface area (Å²) in [7, 11) is 0. The molecule has 0 aromatic rings. The van der Waals surface area contributed by atoms with Gasteiger partial charge in [-0.3, -0.25) is 14.4 Å². The Morgan fingerprint density at radius 3 is 0.678 bits per heavy atom. The minimum absolute atomic E-state index is 0.0620. The first-order valence-corrected chi connectivity index (χ1v) is 26.5. The first-order chi connectivity index (χ1) is 29.0. The smallest absolute Gasteiger partial charge is 0.306 e. The molecule has 0 N–H and O–H groups in total. The zero-order valence-electron chi connectivity index (χ0n) is 40.1. The van der Waals surface area contributed by atoms with Gasteiger partial charge >= 0.3 is 17.9 Å². The summed E-state index contributed by atoms with van der Waals surface area (Å²) >= 11 is 0. The monoisotopic (exact) mass is 835 g/mol. The molecule has 0 bridgehead atoms. The summed E-state index contributed by atoms with van der Waals surface area (Å²) in [5, 5.41) is 0. The highest BCUT2D eigenvalue weighted by Gasteiger charge is 2.19. The number of carbonyl (C=O) groups excluding carboxylic acids is 3. The van der Waals surface area contributed by atoms with Gasteiger partial charge in [-0.15, -0.1) is 0 Å². The summed E-state index contributed by atoms with van der Waals surface area (Å²) in [5.41, 5.74) is 0. The first-order valence-electron chi connectivity index (χ1n) is 26.5. The van der Waals surface area contributed by atoms with Crippen LogP contribution in [0.15, 0.2) is 0 Å². The Balaban J connectivity index is 4.21. The lowest BCUT2D eigenvalue weighted by atomic mass is 10.0. The summed E-state index contributed by atoms with van der Waals surface area (Å²) in [4.78, 5) is 37.9. The summed E-state index contributed by atoms with van der Waals surface area (Å²) in [6, 6.07) is 0. The molecule has 1 unspecified atom stereocenters. The summed E-state index contributed by atoms with van der Waals surface area (Å²) < 4.78 is 16.8. The SMILES string of the molecule is CCCCCCCCCCCCCCCCCCCC(=O)OCC(COC(=O)CCCCCCCCCC)OC(=O)CCCCCCCCCCCCCCCCCC. The number of rotatable bonds is 49. The van der Waals surface area contributed by atoms with E-state index in [0.717, 1.165) is 57.8 Å². The van der Waals surface area contributed by atoms with Crippen molar-refractivity contribution < 1.29 is 28.6 Å². The highest BCUT2D eigenvalue weighted by Crippen LogP contribution is 2.17. The van der Waals surface area contributed by atoms with E-state index in [0.29, 0.717) is 19.3 Å². The van der Waals surface area contributed by atoms with Crippen molar-refractivity contribution in [2.45, 2.75) is 309 Å². The van der Waals surface area contributed by atoms with Crippen LogP contribution >= 0.6 is 0 Å². The molecule has 0 fully saturated rings. The van der Waals surface area contributed by atoms with Crippen molar-refractivity contribution in [3.63, 3.8) is 0 Å². The van der Waals surface area contributed by atoms with Crippen LogP contribution in [0.25, 0.3) is 0 Å². The highest BCUT2D eigenvalue weighted by atomic mass is 16.6. The molecule has 6 nitrogen and oxygen atoms in total. The summed E-state index contributed by atoms with van der Waals surface area (Å²) in [6.07, 6.45) is 52.4. The van der Waals surface area contributed by atoms with Gasteiger partial charge in [-0.25, -0.2) is 0 Å². The Morgan fingerprint density at radius 2 is 0.458 bits per heavy atom. The predicted octanol–water partition coefficient (Wildman–Crippen LogP) is 17.2. The predicted molar refractivity (Wildman–Crippen MR) is 252 cm³/mol. The maximum atomic E-state index is 12.8. The van der Waals surface area contributed by atoms with Crippen LogP contribution in [0.5, 0.6) is 0 Å². The molecule has 0 saturated carbocycles. The lowest BCUT2D eigenvalue weighted by molar-refractivity contribution is -0.167. The molecule has 0 aromatic heterocycles. The Morgan fingerprint density at radius 1 is 0.271 bits per heavy atom. The van der Waals surface area contributed by atoms with E-state index < -0.39 is 6.10 Å². The van der Waals surface area contributed by atoms with E-state index in [-0.39, 0.29) is 31.1 Å². The van der Waals surface area contributed by atoms with Crippen molar-refractivity contribution in [3.8, 4) is 0 Å². The molecule has 0 saturated heterocycles. The van der Waals surface area contributed by atoms with Gasteiger partial charge in [0, 0.05) is 19.3 Å². The van der Waals surface area contributed by atoms with Crippen LogP contribution in [0, 0.1) is 0 Å². The molecular weight excluding hydrogens is 733 g/mol. The first kappa shape index (κ1) is 57.4. The number of esters is 3. The van der Waals surface area contributed by atoms with Crippen molar-refractivity contribution >= 4 is 17.9 Å². The van der Waals surface area contributed by atoms with E-state index in [1.54, 1.807) is 0 Å². The molecular formula is C53H102O6. The number of hydrogen-bond acceptors (Lipinski definition) is 6. The minimum Gasteiger partial charge on any atom is -0.462 e. The van der Waals surface area contributed by atoms with Crippen molar-refractivity contribution in [2.75, 3.05) is 13.2 Å². The van der Waals surface area contributed by atoms with Crippen LogP contribution in [0.3, 0.4) is 0 Å². The van der Waals surface area contributed by atoms with Crippen molar-refractivity contribution in [3.05, 3.63) is 0 Å². The van der Waals surface area contributed by atoms with E-state index in [4.69, 9.17) is 14.2 Å². The third kappa shape index (κ3) is 47.3. The zero-order chi connectivity index (χ0) is 43.0. The van der Waals surface area contributed by atoms with Gasteiger partial charge in [0.05, 0.1) is 0 Å². The number of carbonyl (C=O) groups is 3. The molecule has 0 amide bonds. The van der Waals surface area contributed by atoms with Gasteiger partial charge in [-0.2, -0.15) is 0 Å². The second-order valence-electron chi connectivity index (χ2n) is 18.2. The van der Waals surface area contributed by atoms with Crippen molar-refractivity contribution in [1.82, 2.24) is 0 Å². The van der Waals surface area contributed by atoms with Gasteiger partial charge in [0.1, 0.15) is 13.2 Å². The van der Waals surface area contributed by atoms with Crippen LogP contribution in [-0.4, -0.2) is 37.2 Å². The highest BCUT2D eigenvalue weighted by molar-refractivity contribution is 5.71. The molecule has 0 aliphatic rings. The standard InChI is InChI=1S/C53H102O6/c1-4-7-10-13-16-19-21-23-25-27-29-30-32-34-37-40-43-46-52(55)58-49-50(48-57-51(54)45-42-39-36-18-15-12-9-6-3)59-53(56)47-44-41-38-35-33-31-28-26-24-22-20-17-14-11-8-5-2/h50H,4-49H2,1-3H3. The maximum Gasteiger partial charge on any atom is 0.306 e. The molecule has 0 radical (unpaired) electrons. The Labute approximate surface area is 368 Å². The van der Waals surface area contributed by atoms with E-state index >= 15 is 0 Å². The number of hydrogen-bond donors (Lipinski definition) is 0. The average molecular weight is 835 g/mol. The third-order valence-corrected chi connectivity index (χ3v) is 12.1. The molecule has 6 heteroatoms. The third-order valence-electron chi connectivity index (χ3n) is 12.1. The van der Waals surface area contributed by atoms with Crippen LogP contribution in [-0.2, 0) is 28.6 Å². The Bertz CT molecular complexity index is 874. The fourth-order valence-electron chi connectivity index (χ4n) is 8.09. The van der Waals surface area contributed by atoms with Gasteiger partial charge in [-0.05, 0) is 19.3 Å². The second kappa shape index (κ2) is 49.1. The van der Waals surface area contributed by atoms with Crippen LogP contribution in [0.2, 0.25) is 0 Å². The molecule has 0 aromatic carbocycles. The topological polar surface area (TPSA) is 78.9 Å². The molecule has 59 heavy (non-hydrogen) atoms. The normalized spacial score (nSPS) is 11.8. The van der Waals surface area contributed by atoms with Crippen LogP contribution < -0.4 is 0 Å². The molecule has 0 aliphatic carbocycles. The van der Waals surface area contributed by atoms with Crippen molar-refractivity contribution in [1.29, 1.82) is 0 Å². The quantitative estimate of drug-likeness (QED) is 0.0345. The van der Waals surface area contributed by atoms with Gasteiger partial charge in [0.15, 0.2) is 6.10 Å². The Hall–Kier alpha value is -1.59. The van der Waals surface area contributed by atoms with Crippen molar-refractivity contribution in [2.24, 2.45) is 0 Å². The zero-order valence-corrected chi connectivity index (χ0v) is 40.1. The second-order valence-corrected chi connectivity index (χ2v) is 18.2. The van der Waals surface area contributed by atoms with Gasteiger partial charge in [-0.1, -0.05) is 265 Å². The number of ether oxygens (including phenoxy) is 3. The fourth-order valence-corrected chi connectivity index (χ4v) is 8.09. The largest absolute Gasteiger partial charge is 0.462 e. The van der Waals surface area contributed by atoms with Crippen LogP contribution in [0.1, 0.15) is 303 Å². The Kier molecular flexibility index (Phi) is 47.7. The van der Waals surface area contributed by atoms with E-state index in [1.807, 2.05) is 0 Å². The molecule has 1 atom stereocenters. The maximum absolute atomic E-state index is 12.8. The average Bonchev–Trinajstić information content (AvgIpc) is 3.23. The lowest BCUT2D eigenvalue weighted by Crippen LogP contribution is -2.30. The fraction of sp³-hybridized carbons (Fsp3) is 0.943. The summed E-state index contributed by atoms with van der Waals surface area (Å²) in [6.45, 7) is 6.66. The van der Waals surface area contributed by atoms with E-state index in [2.05, 4.69) is 20.8 Å². The minimum atomic E-state index is -0.759. The lowest BCUT2D eigenvalue weighted by Gasteiger charge is -2.18. The van der Waals surface area contributed by atoms with Gasteiger partial charge < -0.3 is 14.2 Å². The molecule has 0 heterocycles. The molecule has 0 rings (SSSR count). The van der Waals surface area contributed by atoms with E-state index in [1.165, 1.54) is 205 Å². The molecule has 350 valence electrons. The summed E-state index contributed by atoms with van der Waals surface area (Å²) in [5.74, 6) is -0.844. The molecule has 0 aliphatic heterocycles. The number of unbranched alkanes of at least 4 members (excludes halogenated alkanes) is 38. The molecule has 0 spiro atoms. The van der Waals surface area contributed by atoms with E-state index in [9.17, 15) is 14.4 Å². The van der Waals surface area contributed by atoms with Crippen LogP contribution in [0.4, 0.5) is 0 Å².